The number of nitrogens with zero attached hydrogens (tertiary/aromatic N) is 1. The van der Waals surface area contributed by atoms with Gasteiger partial charge in [0.25, 0.3) is 0 Å². The van der Waals surface area contributed by atoms with E-state index in [4.69, 9.17) is 4.74 Å². The van der Waals surface area contributed by atoms with E-state index in [-0.39, 0.29) is 5.75 Å². The molecule has 0 amide bonds. The summed E-state index contributed by atoms with van der Waals surface area (Å²) in [6.45, 7) is 3.06. The predicted molar refractivity (Wildman–Crippen MR) is 68.7 cm³/mol. The Hall–Kier alpha value is -1.62. The minimum absolute atomic E-state index is 0.123. The number of carboxylic acids is 1. The second kappa shape index (κ2) is 5.17. The minimum Gasteiger partial charge on any atom is -0.494 e. The standard InChI is InChI=1S/C14H18FNO3/c1-14(13(17)18,16-7-3-4-8-16)10-5-6-12(19-2)11(15)9-10/h5-6,9H,3-4,7-8H2,1-2H3,(H,17,18). The normalized spacial score (nSPS) is 19.1. The number of carbonyl (C=O) groups is 1. The van der Waals surface area contributed by atoms with Gasteiger partial charge in [-0.15, -0.1) is 0 Å². The first-order chi connectivity index (χ1) is 9.00. The van der Waals surface area contributed by atoms with Crippen molar-refractivity contribution >= 4 is 5.97 Å². The summed E-state index contributed by atoms with van der Waals surface area (Å²) in [6.07, 6.45) is 1.95. The summed E-state index contributed by atoms with van der Waals surface area (Å²) in [7, 11) is 1.38. The van der Waals surface area contributed by atoms with E-state index < -0.39 is 17.3 Å². The Morgan fingerprint density at radius 2 is 2.05 bits per heavy atom. The van der Waals surface area contributed by atoms with Crippen molar-refractivity contribution in [3.63, 3.8) is 0 Å². The molecule has 0 aromatic heterocycles. The molecule has 1 saturated heterocycles. The molecule has 1 aromatic carbocycles. The van der Waals surface area contributed by atoms with Crippen molar-refractivity contribution in [3.8, 4) is 5.75 Å². The molecule has 104 valence electrons. The summed E-state index contributed by atoms with van der Waals surface area (Å²) in [5.74, 6) is -1.37. The summed E-state index contributed by atoms with van der Waals surface area (Å²) in [6, 6.07) is 4.35. The van der Waals surface area contributed by atoms with Gasteiger partial charge in [-0.25, -0.2) is 9.18 Å². The Bertz CT molecular complexity index is 486. The molecule has 1 aliphatic rings. The molecule has 1 aromatic rings. The Kier molecular flexibility index (Phi) is 3.75. The molecule has 1 aliphatic heterocycles. The maximum Gasteiger partial charge on any atom is 0.328 e. The Labute approximate surface area is 111 Å². The van der Waals surface area contributed by atoms with Crippen molar-refractivity contribution in [2.45, 2.75) is 25.3 Å². The lowest BCUT2D eigenvalue weighted by molar-refractivity contribution is -0.150. The molecule has 0 spiro atoms. The maximum absolute atomic E-state index is 13.8. The number of hydrogen-bond donors (Lipinski definition) is 1. The molecule has 0 bridgehead atoms. The third-order valence-corrected chi connectivity index (χ3v) is 3.87. The number of halogens is 1. The molecular formula is C14H18FNO3. The predicted octanol–water partition coefficient (Wildman–Crippen LogP) is 2.23. The van der Waals surface area contributed by atoms with Gasteiger partial charge in [0.1, 0.15) is 5.54 Å². The molecule has 2 rings (SSSR count). The van der Waals surface area contributed by atoms with E-state index in [1.165, 1.54) is 19.2 Å². The molecule has 4 nitrogen and oxygen atoms in total. The van der Waals surface area contributed by atoms with Gasteiger partial charge < -0.3 is 9.84 Å². The number of carboxylic acid groups (broad SMARTS) is 1. The highest BCUT2D eigenvalue weighted by Gasteiger charge is 2.42. The molecule has 1 N–H and O–H groups in total. The molecule has 1 fully saturated rings. The van der Waals surface area contributed by atoms with Crippen LogP contribution in [0.2, 0.25) is 0 Å². The van der Waals surface area contributed by atoms with Gasteiger partial charge in [-0.1, -0.05) is 6.07 Å². The van der Waals surface area contributed by atoms with Gasteiger partial charge in [0.05, 0.1) is 7.11 Å². The zero-order valence-corrected chi connectivity index (χ0v) is 11.1. The highest BCUT2D eigenvalue weighted by Crippen LogP contribution is 2.33. The number of ether oxygens (including phenoxy) is 1. The van der Waals surface area contributed by atoms with E-state index in [1.54, 1.807) is 13.0 Å². The van der Waals surface area contributed by atoms with Crippen molar-refractivity contribution in [1.82, 2.24) is 4.90 Å². The van der Waals surface area contributed by atoms with Gasteiger partial charge in [-0.3, -0.25) is 4.90 Å². The molecular weight excluding hydrogens is 249 g/mol. The van der Waals surface area contributed by atoms with Gasteiger partial charge in [0.15, 0.2) is 11.6 Å². The summed E-state index contributed by atoms with van der Waals surface area (Å²) in [4.78, 5) is 13.6. The van der Waals surface area contributed by atoms with Crippen LogP contribution in [0.15, 0.2) is 18.2 Å². The van der Waals surface area contributed by atoms with Crippen LogP contribution in [0.1, 0.15) is 25.3 Å². The smallest absolute Gasteiger partial charge is 0.328 e. The highest BCUT2D eigenvalue weighted by molar-refractivity contribution is 5.80. The SMILES string of the molecule is COc1ccc(C(C)(C(=O)O)N2CCCC2)cc1F. The van der Waals surface area contributed by atoms with Crippen LogP contribution < -0.4 is 4.74 Å². The molecule has 1 atom stereocenters. The second-order valence-corrected chi connectivity index (χ2v) is 4.92. The van der Waals surface area contributed by atoms with Gasteiger partial charge in [0.2, 0.25) is 0 Å². The first-order valence-corrected chi connectivity index (χ1v) is 6.32. The molecule has 1 unspecified atom stereocenters. The number of rotatable bonds is 4. The molecule has 0 aliphatic carbocycles. The van der Waals surface area contributed by atoms with Gasteiger partial charge in [-0.05, 0) is 50.6 Å². The van der Waals surface area contributed by atoms with E-state index in [0.29, 0.717) is 5.56 Å². The first-order valence-electron chi connectivity index (χ1n) is 6.32. The zero-order valence-electron chi connectivity index (χ0n) is 11.1. The van der Waals surface area contributed by atoms with Crippen LogP contribution in [-0.4, -0.2) is 36.2 Å². The number of aliphatic carboxylic acids is 1. The third-order valence-electron chi connectivity index (χ3n) is 3.87. The number of hydrogen-bond acceptors (Lipinski definition) is 3. The summed E-state index contributed by atoms with van der Waals surface area (Å²) >= 11 is 0. The van der Waals surface area contributed by atoms with Crippen LogP contribution in [0.5, 0.6) is 5.75 Å². The molecule has 0 radical (unpaired) electrons. The largest absolute Gasteiger partial charge is 0.494 e. The lowest BCUT2D eigenvalue weighted by atomic mass is 9.90. The molecule has 5 heteroatoms. The maximum atomic E-state index is 13.8. The summed E-state index contributed by atoms with van der Waals surface area (Å²) in [5, 5.41) is 9.57. The topological polar surface area (TPSA) is 49.8 Å². The van der Waals surface area contributed by atoms with E-state index in [2.05, 4.69) is 0 Å². The van der Waals surface area contributed by atoms with E-state index in [0.717, 1.165) is 25.9 Å². The van der Waals surface area contributed by atoms with Gasteiger partial charge in [-0.2, -0.15) is 0 Å². The second-order valence-electron chi connectivity index (χ2n) is 4.92. The van der Waals surface area contributed by atoms with Crippen LogP contribution in [0.25, 0.3) is 0 Å². The minimum atomic E-state index is -1.19. The number of methoxy groups -OCH3 is 1. The monoisotopic (exact) mass is 267 g/mol. The van der Waals surface area contributed by atoms with Crippen molar-refractivity contribution in [3.05, 3.63) is 29.6 Å². The van der Waals surface area contributed by atoms with E-state index >= 15 is 0 Å². The van der Waals surface area contributed by atoms with Gasteiger partial charge in [0, 0.05) is 0 Å². The van der Waals surface area contributed by atoms with Crippen molar-refractivity contribution in [2.24, 2.45) is 0 Å². The lowest BCUT2D eigenvalue weighted by Gasteiger charge is -2.35. The van der Waals surface area contributed by atoms with Crippen LogP contribution in [0, 0.1) is 5.82 Å². The first kappa shape index (κ1) is 13.8. The highest BCUT2D eigenvalue weighted by atomic mass is 19.1. The summed E-state index contributed by atoms with van der Waals surface area (Å²) in [5.41, 5.74) is -0.746. The average Bonchev–Trinajstić information content (AvgIpc) is 2.91. The Morgan fingerprint density at radius 1 is 1.42 bits per heavy atom. The van der Waals surface area contributed by atoms with Crippen molar-refractivity contribution < 1.29 is 19.0 Å². The lowest BCUT2D eigenvalue weighted by Crippen LogP contribution is -2.48. The molecule has 0 saturated carbocycles. The fraction of sp³-hybridized carbons (Fsp3) is 0.500. The van der Waals surface area contributed by atoms with Gasteiger partial charge >= 0.3 is 5.97 Å². The fourth-order valence-electron chi connectivity index (χ4n) is 2.57. The van der Waals surface area contributed by atoms with E-state index in [1.807, 2.05) is 4.90 Å². The third kappa shape index (κ3) is 2.30. The Balaban J connectivity index is 2.44. The fourth-order valence-corrected chi connectivity index (χ4v) is 2.57. The molecule has 19 heavy (non-hydrogen) atoms. The van der Waals surface area contributed by atoms with Crippen LogP contribution in [0.4, 0.5) is 4.39 Å². The summed E-state index contributed by atoms with van der Waals surface area (Å²) < 4.78 is 18.7. The van der Waals surface area contributed by atoms with Crippen LogP contribution in [0.3, 0.4) is 0 Å². The zero-order chi connectivity index (χ0) is 14.0. The van der Waals surface area contributed by atoms with Crippen LogP contribution in [-0.2, 0) is 10.3 Å². The van der Waals surface area contributed by atoms with Crippen LogP contribution >= 0.6 is 0 Å². The molecule has 1 heterocycles. The number of benzene rings is 1. The Morgan fingerprint density at radius 3 is 2.53 bits per heavy atom. The quantitative estimate of drug-likeness (QED) is 0.909. The van der Waals surface area contributed by atoms with Crippen molar-refractivity contribution in [1.29, 1.82) is 0 Å². The van der Waals surface area contributed by atoms with E-state index in [9.17, 15) is 14.3 Å². The average molecular weight is 267 g/mol. The number of likely N-dealkylation sites (tertiary alicyclic amines) is 1. The van der Waals surface area contributed by atoms with Crippen molar-refractivity contribution in [2.75, 3.05) is 20.2 Å².